The number of rotatable bonds is 2. The molecule has 1 aliphatic rings. The maximum Gasteiger partial charge on any atom is 0.115 e. The van der Waals surface area contributed by atoms with Crippen molar-refractivity contribution in [3.63, 3.8) is 0 Å². The minimum absolute atomic E-state index is 0.238. The lowest BCUT2D eigenvalue weighted by Crippen LogP contribution is -2.03. The summed E-state index contributed by atoms with van der Waals surface area (Å²) in [4.78, 5) is 0. The van der Waals surface area contributed by atoms with E-state index in [2.05, 4.69) is 0 Å². The third-order valence-electron chi connectivity index (χ3n) is 2.25. The smallest absolute Gasteiger partial charge is 0.115 e. The Morgan fingerprint density at radius 1 is 1.25 bits per heavy atom. The van der Waals surface area contributed by atoms with Crippen molar-refractivity contribution in [1.82, 2.24) is 0 Å². The van der Waals surface area contributed by atoms with Crippen LogP contribution in [0.15, 0.2) is 24.3 Å². The molecule has 1 nitrogen and oxygen atoms in total. The second kappa shape index (κ2) is 2.47. The molecule has 1 N–H and O–H groups in total. The van der Waals surface area contributed by atoms with Crippen LogP contribution in [0.2, 0.25) is 0 Å². The van der Waals surface area contributed by atoms with Crippen LogP contribution < -0.4 is 0 Å². The monoisotopic (exact) mass is 166 g/mol. The summed E-state index contributed by atoms with van der Waals surface area (Å²) in [6, 6.07) is 6.74. The summed E-state index contributed by atoms with van der Waals surface area (Å²) in [7, 11) is 0. The first-order valence-corrected chi connectivity index (χ1v) is 4.15. The van der Waals surface area contributed by atoms with Crippen molar-refractivity contribution in [3.8, 4) is 5.75 Å². The van der Waals surface area contributed by atoms with E-state index in [1.165, 1.54) is 0 Å². The average molecular weight is 166 g/mol. The van der Waals surface area contributed by atoms with E-state index in [1.54, 1.807) is 24.3 Å². The van der Waals surface area contributed by atoms with E-state index < -0.39 is 5.67 Å². The lowest BCUT2D eigenvalue weighted by atomic mass is 10.1. The molecule has 0 atom stereocenters. The third kappa shape index (κ3) is 1.58. The molecule has 12 heavy (non-hydrogen) atoms. The summed E-state index contributed by atoms with van der Waals surface area (Å²) < 4.78 is 13.2. The second-order valence-corrected chi connectivity index (χ2v) is 3.49. The lowest BCUT2D eigenvalue weighted by Gasteiger charge is -2.04. The molecule has 1 saturated carbocycles. The number of phenolic OH excluding ortho intramolecular Hbond substituents is 1. The third-order valence-corrected chi connectivity index (χ3v) is 2.25. The van der Waals surface area contributed by atoms with Gasteiger partial charge in [-0.15, -0.1) is 0 Å². The maximum atomic E-state index is 13.2. The molecule has 0 radical (unpaired) electrons. The first-order chi connectivity index (χ1) is 5.68. The van der Waals surface area contributed by atoms with E-state index in [1.807, 2.05) is 0 Å². The highest BCUT2D eigenvalue weighted by Crippen LogP contribution is 2.42. The Bertz CT molecular complexity index is 274. The van der Waals surface area contributed by atoms with Crippen molar-refractivity contribution in [2.45, 2.75) is 24.9 Å². The minimum Gasteiger partial charge on any atom is -0.508 e. The Labute approximate surface area is 70.8 Å². The van der Waals surface area contributed by atoms with Gasteiger partial charge in [-0.1, -0.05) is 12.1 Å². The highest BCUT2D eigenvalue weighted by atomic mass is 19.1. The SMILES string of the molecule is Oc1ccc(CC2(F)CC2)cc1. The summed E-state index contributed by atoms with van der Waals surface area (Å²) in [5, 5.41) is 8.98. The number of aromatic hydroxyl groups is 1. The molecule has 0 aromatic heterocycles. The fraction of sp³-hybridized carbons (Fsp3) is 0.400. The van der Waals surface area contributed by atoms with Crippen LogP contribution in [0.3, 0.4) is 0 Å². The van der Waals surface area contributed by atoms with Gasteiger partial charge in [0, 0.05) is 6.42 Å². The Hall–Kier alpha value is -1.05. The van der Waals surface area contributed by atoms with Crippen LogP contribution in [0.25, 0.3) is 0 Å². The van der Waals surface area contributed by atoms with Crippen LogP contribution in [-0.4, -0.2) is 10.8 Å². The molecule has 0 saturated heterocycles. The van der Waals surface area contributed by atoms with Gasteiger partial charge < -0.3 is 5.11 Å². The zero-order valence-electron chi connectivity index (χ0n) is 6.76. The second-order valence-electron chi connectivity index (χ2n) is 3.49. The normalized spacial score (nSPS) is 19.1. The fourth-order valence-electron chi connectivity index (χ4n) is 1.29. The van der Waals surface area contributed by atoms with Gasteiger partial charge in [-0.3, -0.25) is 0 Å². The molecule has 1 aromatic rings. The Kier molecular flexibility index (Phi) is 1.56. The first-order valence-electron chi connectivity index (χ1n) is 4.15. The predicted octanol–water partition coefficient (Wildman–Crippen LogP) is 2.44. The molecule has 64 valence electrons. The topological polar surface area (TPSA) is 20.2 Å². The summed E-state index contributed by atoms with van der Waals surface area (Å²) in [6.45, 7) is 0. The zero-order chi connectivity index (χ0) is 8.60. The van der Waals surface area contributed by atoms with Crippen molar-refractivity contribution in [3.05, 3.63) is 29.8 Å². The highest BCUT2D eigenvalue weighted by Gasteiger charge is 2.42. The predicted molar refractivity (Wildman–Crippen MR) is 44.9 cm³/mol. The fourth-order valence-corrected chi connectivity index (χ4v) is 1.29. The number of hydrogen-bond acceptors (Lipinski definition) is 1. The number of phenols is 1. The van der Waals surface area contributed by atoms with Crippen LogP contribution in [0.1, 0.15) is 18.4 Å². The van der Waals surface area contributed by atoms with Crippen LogP contribution in [0, 0.1) is 0 Å². The van der Waals surface area contributed by atoms with Crippen LogP contribution in [-0.2, 0) is 6.42 Å². The van der Waals surface area contributed by atoms with Gasteiger partial charge in [0.05, 0.1) is 0 Å². The van der Waals surface area contributed by atoms with E-state index in [0.29, 0.717) is 19.3 Å². The molecule has 0 spiro atoms. The number of hydrogen-bond donors (Lipinski definition) is 1. The molecule has 1 fully saturated rings. The lowest BCUT2D eigenvalue weighted by molar-refractivity contribution is 0.308. The van der Waals surface area contributed by atoms with Gasteiger partial charge in [0.1, 0.15) is 11.4 Å². The van der Waals surface area contributed by atoms with Gasteiger partial charge in [0.25, 0.3) is 0 Å². The van der Waals surface area contributed by atoms with Gasteiger partial charge in [0.2, 0.25) is 0 Å². The van der Waals surface area contributed by atoms with Gasteiger partial charge in [-0.05, 0) is 30.5 Å². The van der Waals surface area contributed by atoms with E-state index in [-0.39, 0.29) is 5.75 Å². The largest absolute Gasteiger partial charge is 0.508 e. The number of halogens is 1. The zero-order valence-corrected chi connectivity index (χ0v) is 6.76. The minimum atomic E-state index is -0.934. The molecular weight excluding hydrogens is 155 g/mol. The van der Waals surface area contributed by atoms with Crippen molar-refractivity contribution in [1.29, 1.82) is 0 Å². The van der Waals surface area contributed by atoms with Crippen LogP contribution in [0.5, 0.6) is 5.75 Å². The molecule has 0 bridgehead atoms. The van der Waals surface area contributed by atoms with Crippen LogP contribution >= 0.6 is 0 Å². The first kappa shape index (κ1) is 7.59. The summed E-state index contributed by atoms with van der Waals surface area (Å²) in [5.41, 5.74) is 0.0320. The van der Waals surface area contributed by atoms with E-state index in [9.17, 15) is 4.39 Å². The summed E-state index contributed by atoms with van der Waals surface area (Å²) >= 11 is 0. The average Bonchev–Trinajstić information content (AvgIpc) is 2.74. The van der Waals surface area contributed by atoms with Crippen molar-refractivity contribution < 1.29 is 9.50 Å². The summed E-state index contributed by atoms with van der Waals surface area (Å²) in [6.07, 6.45) is 1.87. The Balaban J connectivity index is 2.08. The number of alkyl halides is 1. The highest BCUT2D eigenvalue weighted by molar-refractivity contribution is 5.27. The van der Waals surface area contributed by atoms with Crippen molar-refractivity contribution in [2.75, 3.05) is 0 Å². The van der Waals surface area contributed by atoms with Crippen molar-refractivity contribution in [2.24, 2.45) is 0 Å². The number of benzene rings is 1. The quantitative estimate of drug-likeness (QED) is 0.715. The molecule has 0 unspecified atom stereocenters. The molecule has 2 heteroatoms. The molecule has 0 aliphatic heterocycles. The molecule has 0 amide bonds. The molecular formula is C10H11FO. The van der Waals surface area contributed by atoms with Gasteiger partial charge >= 0.3 is 0 Å². The van der Waals surface area contributed by atoms with Crippen molar-refractivity contribution >= 4 is 0 Å². The van der Waals surface area contributed by atoms with Gasteiger partial charge in [-0.2, -0.15) is 0 Å². The van der Waals surface area contributed by atoms with Gasteiger partial charge in [0.15, 0.2) is 0 Å². The van der Waals surface area contributed by atoms with Crippen LogP contribution in [0.4, 0.5) is 4.39 Å². The molecule has 1 aromatic carbocycles. The molecule has 0 heterocycles. The van der Waals surface area contributed by atoms with E-state index >= 15 is 0 Å². The summed E-state index contributed by atoms with van der Waals surface area (Å²) in [5.74, 6) is 0.238. The maximum absolute atomic E-state index is 13.2. The molecule has 2 rings (SSSR count). The van der Waals surface area contributed by atoms with Gasteiger partial charge in [-0.25, -0.2) is 4.39 Å². The Morgan fingerprint density at radius 3 is 2.33 bits per heavy atom. The molecule has 1 aliphatic carbocycles. The standard InChI is InChI=1S/C10H11FO/c11-10(5-6-10)7-8-1-3-9(12)4-2-8/h1-4,12H,5-7H2. The van der Waals surface area contributed by atoms with E-state index in [4.69, 9.17) is 5.11 Å². The van der Waals surface area contributed by atoms with E-state index in [0.717, 1.165) is 5.56 Å². The Morgan fingerprint density at radius 2 is 1.83 bits per heavy atom.